The first-order chi connectivity index (χ1) is 7.66. The van der Waals surface area contributed by atoms with Crippen LogP contribution in [0.3, 0.4) is 0 Å². The number of imidazole rings is 1. The van der Waals surface area contributed by atoms with E-state index < -0.39 is 0 Å². The average molecular weight is 217 g/mol. The normalized spacial score (nSPS) is 10.4. The molecular formula is C11H15N5. The monoisotopic (exact) mass is 217 g/mol. The van der Waals surface area contributed by atoms with Gasteiger partial charge in [0, 0.05) is 26.5 Å². The predicted octanol–water partition coefficient (Wildman–Crippen LogP) is 1.03. The molecule has 0 saturated heterocycles. The third-order valence-electron chi connectivity index (χ3n) is 2.45. The Morgan fingerprint density at radius 3 is 2.88 bits per heavy atom. The molecule has 0 aliphatic rings. The predicted molar refractivity (Wildman–Crippen MR) is 64.0 cm³/mol. The maximum Gasteiger partial charge on any atom is 0.131 e. The lowest BCUT2D eigenvalue weighted by Crippen LogP contribution is -2.20. The second-order valence-corrected chi connectivity index (χ2v) is 3.73. The number of nitrogens with two attached hydrogens (primary N) is 1. The van der Waals surface area contributed by atoms with Gasteiger partial charge in [0.05, 0.1) is 6.54 Å². The number of pyridine rings is 1. The first-order valence-corrected chi connectivity index (χ1v) is 5.06. The largest absolute Gasteiger partial charge is 0.384 e. The Morgan fingerprint density at radius 2 is 2.25 bits per heavy atom. The van der Waals surface area contributed by atoms with E-state index in [1.807, 2.05) is 41.9 Å². The topological polar surface area (TPSA) is 60.0 Å². The summed E-state index contributed by atoms with van der Waals surface area (Å²) in [6.07, 6.45) is 3.71. The van der Waals surface area contributed by atoms with E-state index in [4.69, 9.17) is 5.73 Å². The minimum atomic E-state index is 0.532. The molecule has 0 spiro atoms. The smallest absolute Gasteiger partial charge is 0.131 e. The summed E-state index contributed by atoms with van der Waals surface area (Å²) >= 11 is 0. The molecule has 0 radical (unpaired) electrons. The Balaban J connectivity index is 2.14. The minimum absolute atomic E-state index is 0.532. The summed E-state index contributed by atoms with van der Waals surface area (Å²) in [4.78, 5) is 10.5. The number of aryl methyl sites for hydroxylation is 1. The fourth-order valence-corrected chi connectivity index (χ4v) is 1.49. The molecule has 0 unspecified atom stereocenters. The number of nitrogens with zero attached hydrogens (tertiary/aromatic N) is 4. The molecule has 0 fully saturated rings. The number of hydrogen-bond acceptors (Lipinski definition) is 4. The Labute approximate surface area is 94.5 Å². The highest BCUT2D eigenvalue weighted by Crippen LogP contribution is 2.12. The summed E-state index contributed by atoms with van der Waals surface area (Å²) < 4.78 is 1.99. The van der Waals surface area contributed by atoms with Crippen molar-refractivity contribution >= 4 is 11.6 Å². The van der Waals surface area contributed by atoms with Gasteiger partial charge >= 0.3 is 0 Å². The summed E-state index contributed by atoms with van der Waals surface area (Å²) in [5.74, 6) is 2.37. The first kappa shape index (κ1) is 10.5. The van der Waals surface area contributed by atoms with Crippen molar-refractivity contribution in [3.63, 3.8) is 0 Å². The lowest BCUT2D eigenvalue weighted by Gasteiger charge is -2.17. The SMILES string of the molecule is CN(Cc1nccn1C)c1cccc(N)n1. The van der Waals surface area contributed by atoms with Gasteiger partial charge in [-0.05, 0) is 12.1 Å². The highest BCUT2D eigenvalue weighted by Gasteiger charge is 2.06. The van der Waals surface area contributed by atoms with Crippen LogP contribution in [-0.2, 0) is 13.6 Å². The molecule has 0 saturated carbocycles. The molecular weight excluding hydrogens is 202 g/mol. The van der Waals surface area contributed by atoms with Gasteiger partial charge in [0.1, 0.15) is 17.5 Å². The third kappa shape index (κ3) is 2.13. The van der Waals surface area contributed by atoms with E-state index in [1.54, 1.807) is 12.3 Å². The number of rotatable bonds is 3. The van der Waals surface area contributed by atoms with E-state index in [1.165, 1.54) is 0 Å². The summed E-state index contributed by atoms with van der Waals surface area (Å²) in [6, 6.07) is 5.60. The molecule has 0 atom stereocenters. The third-order valence-corrected chi connectivity index (χ3v) is 2.45. The molecule has 2 aromatic rings. The number of nitrogen functional groups attached to an aromatic ring is 1. The van der Waals surface area contributed by atoms with Crippen molar-refractivity contribution in [2.24, 2.45) is 7.05 Å². The summed E-state index contributed by atoms with van der Waals surface area (Å²) in [6.45, 7) is 0.708. The van der Waals surface area contributed by atoms with Gasteiger partial charge in [0.2, 0.25) is 0 Å². The van der Waals surface area contributed by atoms with Gasteiger partial charge in [0.15, 0.2) is 0 Å². The molecule has 2 rings (SSSR count). The van der Waals surface area contributed by atoms with Crippen LogP contribution in [0.4, 0.5) is 11.6 Å². The molecule has 2 N–H and O–H groups in total. The zero-order valence-electron chi connectivity index (χ0n) is 9.46. The van der Waals surface area contributed by atoms with Crippen molar-refractivity contribution in [2.45, 2.75) is 6.54 Å². The van der Waals surface area contributed by atoms with E-state index in [-0.39, 0.29) is 0 Å². The van der Waals surface area contributed by atoms with Crippen LogP contribution in [-0.4, -0.2) is 21.6 Å². The second kappa shape index (κ2) is 4.22. The minimum Gasteiger partial charge on any atom is -0.384 e. The quantitative estimate of drug-likeness (QED) is 0.834. The first-order valence-electron chi connectivity index (χ1n) is 5.06. The lowest BCUT2D eigenvalue weighted by atomic mass is 10.4. The van der Waals surface area contributed by atoms with Crippen molar-refractivity contribution in [1.29, 1.82) is 0 Å². The average Bonchev–Trinajstić information content (AvgIpc) is 2.64. The highest BCUT2D eigenvalue weighted by molar-refractivity contribution is 5.44. The molecule has 5 heteroatoms. The van der Waals surface area contributed by atoms with E-state index in [9.17, 15) is 0 Å². The van der Waals surface area contributed by atoms with Crippen LogP contribution < -0.4 is 10.6 Å². The highest BCUT2D eigenvalue weighted by atomic mass is 15.2. The van der Waals surface area contributed by atoms with Gasteiger partial charge in [0.25, 0.3) is 0 Å². The molecule has 5 nitrogen and oxygen atoms in total. The van der Waals surface area contributed by atoms with Crippen molar-refractivity contribution in [1.82, 2.24) is 14.5 Å². The van der Waals surface area contributed by atoms with Crippen molar-refractivity contribution in [2.75, 3.05) is 17.7 Å². The van der Waals surface area contributed by atoms with Crippen molar-refractivity contribution in [3.8, 4) is 0 Å². The van der Waals surface area contributed by atoms with Gasteiger partial charge in [-0.2, -0.15) is 0 Å². The van der Waals surface area contributed by atoms with Crippen LogP contribution in [0.2, 0.25) is 0 Å². The van der Waals surface area contributed by atoms with E-state index >= 15 is 0 Å². The van der Waals surface area contributed by atoms with Crippen LogP contribution in [0.1, 0.15) is 5.82 Å². The molecule has 84 valence electrons. The summed E-state index contributed by atoms with van der Waals surface area (Å²) in [5, 5.41) is 0. The molecule has 2 heterocycles. The number of aromatic nitrogens is 3. The maximum absolute atomic E-state index is 5.64. The van der Waals surface area contributed by atoms with Crippen molar-refractivity contribution < 1.29 is 0 Å². The molecule has 0 aliphatic carbocycles. The van der Waals surface area contributed by atoms with Gasteiger partial charge in [-0.3, -0.25) is 0 Å². The standard InChI is InChI=1S/C11H15N5/c1-15-7-6-13-11(15)8-16(2)10-5-3-4-9(12)14-10/h3-7H,8H2,1-2H3,(H2,12,14). The summed E-state index contributed by atoms with van der Waals surface area (Å²) in [5.41, 5.74) is 5.64. The molecule has 0 aromatic carbocycles. The van der Waals surface area contributed by atoms with Crippen molar-refractivity contribution in [3.05, 3.63) is 36.4 Å². The van der Waals surface area contributed by atoms with E-state index in [0.29, 0.717) is 12.4 Å². The molecule has 0 amide bonds. The van der Waals surface area contributed by atoms with Crippen LogP contribution >= 0.6 is 0 Å². The maximum atomic E-state index is 5.64. The molecule has 0 aliphatic heterocycles. The van der Waals surface area contributed by atoms with Crippen LogP contribution in [0.5, 0.6) is 0 Å². The van der Waals surface area contributed by atoms with Crippen LogP contribution in [0.25, 0.3) is 0 Å². The van der Waals surface area contributed by atoms with E-state index in [0.717, 1.165) is 11.6 Å². The number of anilines is 2. The second-order valence-electron chi connectivity index (χ2n) is 3.73. The summed E-state index contributed by atoms with van der Waals surface area (Å²) in [7, 11) is 3.94. The Hall–Kier alpha value is -2.04. The molecule has 0 bridgehead atoms. The zero-order valence-corrected chi connectivity index (χ0v) is 9.46. The van der Waals surface area contributed by atoms with Gasteiger partial charge in [-0.25, -0.2) is 9.97 Å². The Bertz CT molecular complexity index is 477. The molecule has 2 aromatic heterocycles. The Kier molecular flexibility index (Phi) is 2.76. The zero-order chi connectivity index (χ0) is 11.5. The molecule has 16 heavy (non-hydrogen) atoms. The van der Waals surface area contributed by atoms with Gasteiger partial charge in [-0.15, -0.1) is 0 Å². The van der Waals surface area contributed by atoms with Crippen LogP contribution in [0.15, 0.2) is 30.6 Å². The fourth-order valence-electron chi connectivity index (χ4n) is 1.49. The van der Waals surface area contributed by atoms with Gasteiger partial charge < -0.3 is 15.2 Å². The Morgan fingerprint density at radius 1 is 1.44 bits per heavy atom. The number of hydrogen-bond donors (Lipinski definition) is 1. The fraction of sp³-hybridized carbons (Fsp3) is 0.273. The lowest BCUT2D eigenvalue weighted by molar-refractivity contribution is 0.756. The van der Waals surface area contributed by atoms with Gasteiger partial charge in [-0.1, -0.05) is 6.07 Å². The van der Waals surface area contributed by atoms with Crippen LogP contribution in [0, 0.1) is 0 Å². The van der Waals surface area contributed by atoms with E-state index in [2.05, 4.69) is 9.97 Å².